The predicted molar refractivity (Wildman–Crippen MR) is 108 cm³/mol. The van der Waals surface area contributed by atoms with Crippen LogP contribution in [-0.4, -0.2) is 65.2 Å². The molecule has 1 aliphatic heterocycles. The van der Waals surface area contributed by atoms with Crippen LogP contribution in [0.5, 0.6) is 0 Å². The molecule has 12 heteroatoms. The predicted octanol–water partition coefficient (Wildman–Crippen LogP) is 1.79. The van der Waals surface area contributed by atoms with E-state index in [4.69, 9.17) is 9.90 Å². The normalized spacial score (nSPS) is 19.6. The van der Waals surface area contributed by atoms with Crippen molar-refractivity contribution in [1.82, 2.24) is 19.4 Å². The van der Waals surface area contributed by atoms with Gasteiger partial charge in [-0.15, -0.1) is 0 Å². The SMILES string of the molecule is Cn1cc(CN2CC[C@@H](NS(C)(=O)=O)[C@@H]2Cc2ccccc2)cn1.O=C(O)C(F)(F)F. The number of benzene rings is 1. The number of halogens is 3. The minimum atomic E-state index is -5.08. The molecule has 1 aromatic carbocycles. The number of sulfonamides is 1. The number of carbonyl (C=O) groups is 1. The lowest BCUT2D eigenvalue weighted by atomic mass is 10.0. The highest BCUT2D eigenvalue weighted by molar-refractivity contribution is 7.88. The van der Waals surface area contributed by atoms with Crippen molar-refractivity contribution in [1.29, 1.82) is 0 Å². The molecular formula is C19H25F3N4O4S. The lowest BCUT2D eigenvalue weighted by Gasteiger charge is -2.28. The van der Waals surface area contributed by atoms with Gasteiger partial charge in [-0.1, -0.05) is 30.3 Å². The molecule has 0 radical (unpaired) electrons. The molecule has 0 saturated carbocycles. The quantitative estimate of drug-likeness (QED) is 0.678. The topological polar surface area (TPSA) is 105 Å². The molecule has 1 aromatic heterocycles. The molecule has 0 amide bonds. The Kier molecular flexibility index (Phi) is 8.21. The van der Waals surface area contributed by atoms with E-state index in [1.165, 1.54) is 11.8 Å². The zero-order valence-electron chi connectivity index (χ0n) is 17.1. The number of hydrogen-bond donors (Lipinski definition) is 2. The Labute approximate surface area is 178 Å². The molecule has 172 valence electrons. The van der Waals surface area contributed by atoms with Crippen molar-refractivity contribution in [3.05, 3.63) is 53.9 Å². The number of aryl methyl sites for hydroxylation is 1. The van der Waals surface area contributed by atoms with Crippen LogP contribution in [0.1, 0.15) is 17.5 Å². The Hall–Kier alpha value is -2.44. The fraction of sp³-hybridized carbons (Fsp3) is 0.474. The molecule has 0 aliphatic carbocycles. The van der Waals surface area contributed by atoms with Crippen LogP contribution in [0.15, 0.2) is 42.7 Å². The summed E-state index contributed by atoms with van der Waals surface area (Å²) >= 11 is 0. The molecule has 2 aromatic rings. The van der Waals surface area contributed by atoms with Crippen LogP contribution in [0, 0.1) is 0 Å². The molecule has 1 aliphatic rings. The Morgan fingerprint density at radius 2 is 1.87 bits per heavy atom. The van der Waals surface area contributed by atoms with E-state index >= 15 is 0 Å². The van der Waals surface area contributed by atoms with Gasteiger partial charge in [0.2, 0.25) is 10.0 Å². The van der Waals surface area contributed by atoms with E-state index in [0.717, 1.165) is 31.5 Å². The first-order valence-electron chi connectivity index (χ1n) is 9.38. The van der Waals surface area contributed by atoms with E-state index in [-0.39, 0.29) is 12.1 Å². The summed E-state index contributed by atoms with van der Waals surface area (Å²) in [7, 11) is -1.31. The first-order valence-corrected chi connectivity index (χ1v) is 11.3. The third-order valence-corrected chi connectivity index (χ3v) is 5.43. The van der Waals surface area contributed by atoms with Gasteiger partial charge >= 0.3 is 12.1 Å². The van der Waals surface area contributed by atoms with Crippen LogP contribution in [0.25, 0.3) is 0 Å². The van der Waals surface area contributed by atoms with Crippen molar-refractivity contribution in [3.63, 3.8) is 0 Å². The van der Waals surface area contributed by atoms with E-state index in [9.17, 15) is 21.6 Å². The van der Waals surface area contributed by atoms with Gasteiger partial charge in [0, 0.05) is 44.0 Å². The van der Waals surface area contributed by atoms with E-state index < -0.39 is 22.2 Å². The number of likely N-dealkylation sites (tertiary alicyclic amines) is 1. The summed E-state index contributed by atoms with van der Waals surface area (Å²) < 4.78 is 59.8. The third-order valence-electron chi connectivity index (χ3n) is 4.70. The highest BCUT2D eigenvalue weighted by Crippen LogP contribution is 2.24. The molecule has 31 heavy (non-hydrogen) atoms. The van der Waals surface area contributed by atoms with Crippen molar-refractivity contribution >= 4 is 16.0 Å². The number of rotatable bonds is 6. The summed E-state index contributed by atoms with van der Waals surface area (Å²) in [6.45, 7) is 1.66. The molecule has 8 nitrogen and oxygen atoms in total. The van der Waals surface area contributed by atoms with E-state index in [1.54, 1.807) is 4.68 Å². The summed E-state index contributed by atoms with van der Waals surface area (Å²) in [5, 5.41) is 11.3. The van der Waals surface area contributed by atoms with Gasteiger partial charge in [0.15, 0.2) is 0 Å². The number of alkyl halides is 3. The van der Waals surface area contributed by atoms with Crippen molar-refractivity contribution in [2.45, 2.75) is 37.6 Å². The number of carboxylic acid groups (broad SMARTS) is 1. The maximum absolute atomic E-state index is 11.7. The highest BCUT2D eigenvalue weighted by Gasteiger charge is 2.38. The molecule has 1 saturated heterocycles. The number of nitrogens with zero attached hydrogens (tertiary/aromatic N) is 3. The summed E-state index contributed by atoms with van der Waals surface area (Å²) in [5.41, 5.74) is 2.37. The minimum absolute atomic E-state index is 0.0584. The molecule has 2 atom stereocenters. The van der Waals surface area contributed by atoms with Gasteiger partial charge in [-0.3, -0.25) is 9.58 Å². The van der Waals surface area contributed by atoms with Crippen LogP contribution in [-0.2, 0) is 34.8 Å². The first-order chi connectivity index (χ1) is 14.3. The van der Waals surface area contributed by atoms with Gasteiger partial charge in [0.05, 0.1) is 12.5 Å². The number of hydrogen-bond acceptors (Lipinski definition) is 5. The van der Waals surface area contributed by atoms with Crippen molar-refractivity contribution in [2.75, 3.05) is 12.8 Å². The summed E-state index contributed by atoms with van der Waals surface area (Å²) in [4.78, 5) is 11.2. The Morgan fingerprint density at radius 3 is 2.35 bits per heavy atom. The van der Waals surface area contributed by atoms with Gasteiger partial charge in [-0.25, -0.2) is 17.9 Å². The van der Waals surface area contributed by atoms with Crippen LogP contribution in [0.2, 0.25) is 0 Å². The Balaban J connectivity index is 0.000000423. The van der Waals surface area contributed by atoms with Gasteiger partial charge in [0.25, 0.3) is 0 Å². The molecule has 3 rings (SSSR count). The first kappa shape index (κ1) is 24.8. The number of nitrogens with one attached hydrogen (secondary N) is 1. The van der Waals surface area contributed by atoms with Crippen LogP contribution < -0.4 is 4.72 Å². The largest absolute Gasteiger partial charge is 0.490 e. The second kappa shape index (κ2) is 10.2. The second-order valence-electron chi connectivity index (χ2n) is 7.34. The fourth-order valence-electron chi connectivity index (χ4n) is 3.44. The molecule has 2 heterocycles. The summed E-state index contributed by atoms with van der Waals surface area (Å²) in [6, 6.07) is 10.3. The highest BCUT2D eigenvalue weighted by atomic mass is 32.2. The second-order valence-corrected chi connectivity index (χ2v) is 9.12. The molecule has 1 fully saturated rings. The van der Waals surface area contributed by atoms with Crippen LogP contribution in [0.3, 0.4) is 0 Å². The summed E-state index contributed by atoms with van der Waals surface area (Å²) in [6.07, 6.45) is 1.68. The molecule has 0 spiro atoms. The average Bonchev–Trinajstić information content (AvgIpc) is 3.22. The van der Waals surface area contributed by atoms with Crippen LogP contribution in [0.4, 0.5) is 13.2 Å². The number of aliphatic carboxylic acids is 1. The number of carboxylic acids is 1. The monoisotopic (exact) mass is 462 g/mol. The zero-order valence-corrected chi connectivity index (χ0v) is 17.9. The van der Waals surface area contributed by atoms with Gasteiger partial charge in [-0.2, -0.15) is 18.3 Å². The molecule has 0 unspecified atom stereocenters. The van der Waals surface area contributed by atoms with E-state index in [0.29, 0.717) is 0 Å². The van der Waals surface area contributed by atoms with Crippen molar-refractivity contribution in [3.8, 4) is 0 Å². The van der Waals surface area contributed by atoms with Crippen molar-refractivity contribution < 1.29 is 31.5 Å². The van der Waals surface area contributed by atoms with Crippen LogP contribution >= 0.6 is 0 Å². The Bertz CT molecular complexity index is 964. The van der Waals surface area contributed by atoms with E-state index in [1.807, 2.05) is 37.6 Å². The maximum atomic E-state index is 11.7. The minimum Gasteiger partial charge on any atom is -0.475 e. The van der Waals surface area contributed by atoms with Gasteiger partial charge < -0.3 is 5.11 Å². The van der Waals surface area contributed by atoms with Gasteiger partial charge in [0.1, 0.15) is 0 Å². The smallest absolute Gasteiger partial charge is 0.475 e. The maximum Gasteiger partial charge on any atom is 0.490 e. The van der Waals surface area contributed by atoms with E-state index in [2.05, 4.69) is 26.9 Å². The average molecular weight is 462 g/mol. The lowest BCUT2D eigenvalue weighted by molar-refractivity contribution is -0.192. The molecule has 2 N–H and O–H groups in total. The zero-order chi connectivity index (χ0) is 23.2. The lowest BCUT2D eigenvalue weighted by Crippen LogP contribution is -2.45. The number of aromatic nitrogens is 2. The fourth-order valence-corrected chi connectivity index (χ4v) is 4.27. The summed E-state index contributed by atoms with van der Waals surface area (Å²) in [5.74, 6) is -2.76. The van der Waals surface area contributed by atoms with Crippen molar-refractivity contribution in [2.24, 2.45) is 7.05 Å². The molecule has 0 bridgehead atoms. The Morgan fingerprint density at radius 1 is 1.26 bits per heavy atom. The standard InChI is InChI=1S/C17H24N4O2S.C2HF3O2/c1-20-12-15(11-18-20)13-21-9-8-16(19-24(2,22)23)17(21)10-14-6-4-3-5-7-14;3-2(4,5)1(6)7/h3-7,11-12,16-17,19H,8-10,13H2,1-2H3;(H,6,7)/t16-,17+;/m1./s1. The molecular weight excluding hydrogens is 437 g/mol. The van der Waals surface area contributed by atoms with Gasteiger partial charge in [-0.05, 0) is 18.4 Å². The third kappa shape index (κ3) is 8.31.